The molecule has 0 aliphatic heterocycles. The number of benzene rings is 2. The van der Waals surface area contributed by atoms with Crippen molar-refractivity contribution in [3.05, 3.63) is 53.6 Å². The molecule has 0 bridgehead atoms. The second-order valence-electron chi connectivity index (χ2n) is 7.53. The molecule has 0 aliphatic carbocycles. The van der Waals surface area contributed by atoms with E-state index in [9.17, 15) is 13.2 Å². The number of hydrogen-bond acceptors (Lipinski definition) is 5. The molecule has 0 aliphatic rings. The van der Waals surface area contributed by atoms with Crippen molar-refractivity contribution in [1.29, 1.82) is 0 Å². The molecule has 166 valence electrons. The summed E-state index contributed by atoms with van der Waals surface area (Å²) in [5.74, 6) is -0.227. The summed E-state index contributed by atoms with van der Waals surface area (Å²) in [6, 6.07) is 12.3. The molecule has 3 aromatic rings. The zero-order valence-corrected chi connectivity index (χ0v) is 19.9. The van der Waals surface area contributed by atoms with Crippen molar-refractivity contribution >= 4 is 42.6 Å². The second kappa shape index (κ2) is 10.3. The van der Waals surface area contributed by atoms with E-state index < -0.39 is 10.0 Å². The van der Waals surface area contributed by atoms with E-state index in [0.29, 0.717) is 29.3 Å². The van der Waals surface area contributed by atoms with Crippen molar-refractivity contribution in [2.75, 3.05) is 18.4 Å². The fraction of sp³-hybridized carbons (Fsp3) is 0.391. The molecule has 0 fully saturated rings. The van der Waals surface area contributed by atoms with Gasteiger partial charge in [-0.25, -0.2) is 13.4 Å². The van der Waals surface area contributed by atoms with Crippen LogP contribution in [0.4, 0.5) is 5.13 Å². The van der Waals surface area contributed by atoms with Crippen LogP contribution >= 0.6 is 11.3 Å². The van der Waals surface area contributed by atoms with Gasteiger partial charge in [0.1, 0.15) is 0 Å². The van der Waals surface area contributed by atoms with Crippen molar-refractivity contribution in [3.8, 4) is 0 Å². The molecule has 2 aromatic carbocycles. The van der Waals surface area contributed by atoms with Crippen molar-refractivity contribution < 1.29 is 13.2 Å². The number of aryl methyl sites for hydroxylation is 1. The predicted octanol–water partition coefficient (Wildman–Crippen LogP) is 5.45. The number of nitrogens with zero attached hydrogens (tertiary/aromatic N) is 2. The highest BCUT2D eigenvalue weighted by Crippen LogP contribution is 2.30. The highest BCUT2D eigenvalue weighted by Gasteiger charge is 2.24. The van der Waals surface area contributed by atoms with Gasteiger partial charge in [-0.15, -0.1) is 0 Å². The molecule has 1 aromatic heterocycles. The van der Waals surface area contributed by atoms with E-state index in [4.69, 9.17) is 0 Å². The van der Waals surface area contributed by atoms with Crippen LogP contribution < -0.4 is 5.32 Å². The predicted molar refractivity (Wildman–Crippen MR) is 127 cm³/mol. The third-order valence-corrected chi connectivity index (χ3v) is 7.96. The average Bonchev–Trinajstić information content (AvgIpc) is 3.15. The number of carbonyl (C=O) groups excluding carboxylic acids is 1. The Balaban J connectivity index is 1.85. The van der Waals surface area contributed by atoms with Gasteiger partial charge in [-0.2, -0.15) is 4.31 Å². The summed E-state index contributed by atoms with van der Waals surface area (Å²) in [5, 5.41) is 3.28. The summed E-state index contributed by atoms with van der Waals surface area (Å²) in [7, 11) is -3.57. The lowest BCUT2D eigenvalue weighted by molar-refractivity contribution is 0.102. The molecule has 0 radical (unpaired) electrons. The van der Waals surface area contributed by atoms with Gasteiger partial charge >= 0.3 is 0 Å². The van der Waals surface area contributed by atoms with E-state index in [2.05, 4.69) is 24.1 Å². The van der Waals surface area contributed by atoms with Gasteiger partial charge in [0.2, 0.25) is 10.0 Å². The zero-order valence-electron chi connectivity index (χ0n) is 18.2. The van der Waals surface area contributed by atoms with E-state index in [0.717, 1.165) is 35.9 Å². The fourth-order valence-corrected chi connectivity index (χ4v) is 5.80. The number of thiazole rings is 1. The summed E-state index contributed by atoms with van der Waals surface area (Å²) < 4.78 is 28.8. The number of hydrogen-bond donors (Lipinski definition) is 1. The van der Waals surface area contributed by atoms with Crippen LogP contribution in [-0.4, -0.2) is 36.7 Å². The van der Waals surface area contributed by atoms with Crippen LogP contribution in [0.5, 0.6) is 0 Å². The second-order valence-corrected chi connectivity index (χ2v) is 10.5. The maximum Gasteiger partial charge on any atom is 0.257 e. The Labute approximate surface area is 188 Å². The molecule has 31 heavy (non-hydrogen) atoms. The normalized spacial score (nSPS) is 11.9. The number of aromatic nitrogens is 1. The number of fused-ring (bicyclic) bond motifs is 1. The molecule has 6 nitrogen and oxygen atoms in total. The quantitative estimate of drug-likeness (QED) is 0.437. The van der Waals surface area contributed by atoms with Gasteiger partial charge < -0.3 is 0 Å². The van der Waals surface area contributed by atoms with Gasteiger partial charge in [0.25, 0.3) is 5.91 Å². The van der Waals surface area contributed by atoms with E-state index >= 15 is 0 Å². The Kier molecular flexibility index (Phi) is 7.80. The van der Waals surface area contributed by atoms with Crippen LogP contribution in [0.3, 0.4) is 0 Å². The number of carbonyl (C=O) groups is 1. The minimum atomic E-state index is -3.57. The summed E-state index contributed by atoms with van der Waals surface area (Å²) in [6.45, 7) is 7.04. The first-order valence-corrected chi connectivity index (χ1v) is 12.9. The monoisotopic (exact) mass is 459 g/mol. The zero-order chi connectivity index (χ0) is 22.4. The molecular formula is C23H29N3O3S2. The molecule has 0 saturated carbocycles. The molecule has 3 rings (SSSR count). The Morgan fingerprint density at radius 1 is 1.06 bits per heavy atom. The smallest absolute Gasteiger partial charge is 0.257 e. The highest BCUT2D eigenvalue weighted by molar-refractivity contribution is 7.89. The number of amides is 1. The van der Waals surface area contributed by atoms with E-state index in [-0.39, 0.29) is 10.8 Å². The number of unbranched alkanes of at least 4 members (excludes halogenated alkanes) is 2. The molecular weight excluding hydrogens is 430 g/mol. The Hall–Kier alpha value is -2.29. The van der Waals surface area contributed by atoms with Crippen LogP contribution in [0.2, 0.25) is 0 Å². The first kappa shape index (κ1) is 23.4. The topological polar surface area (TPSA) is 79.4 Å². The van der Waals surface area contributed by atoms with Gasteiger partial charge in [0.15, 0.2) is 5.13 Å². The molecule has 1 heterocycles. The summed E-state index contributed by atoms with van der Waals surface area (Å²) >= 11 is 1.28. The third kappa shape index (κ3) is 5.50. The molecule has 1 N–H and O–H groups in total. The lowest BCUT2D eigenvalue weighted by Gasteiger charge is -2.21. The first-order valence-electron chi connectivity index (χ1n) is 10.6. The molecule has 0 unspecified atom stereocenters. The van der Waals surface area contributed by atoms with E-state index in [1.807, 2.05) is 25.1 Å². The fourth-order valence-electron chi connectivity index (χ4n) is 3.28. The van der Waals surface area contributed by atoms with Gasteiger partial charge in [-0.1, -0.05) is 56.2 Å². The van der Waals surface area contributed by atoms with Crippen LogP contribution in [-0.2, 0) is 10.0 Å². The Bertz CT molecular complexity index is 1150. The number of rotatable bonds is 10. The van der Waals surface area contributed by atoms with Crippen LogP contribution in [0.25, 0.3) is 10.2 Å². The summed E-state index contributed by atoms with van der Waals surface area (Å²) in [6.07, 6.45) is 3.55. The van der Waals surface area contributed by atoms with E-state index in [1.54, 1.807) is 28.6 Å². The molecule has 1 amide bonds. The minimum Gasteiger partial charge on any atom is -0.298 e. The standard InChI is InChI=1S/C23H29N3O3S2/c1-4-6-14-26(15-7-5-2)31(28,29)18-12-13-20-21(16-18)30-23(24-20)25-22(27)19-11-9-8-10-17(19)3/h8-13,16H,4-7,14-15H2,1-3H3,(H,24,25,27). The molecule has 0 saturated heterocycles. The van der Waals surface area contributed by atoms with Crippen molar-refractivity contribution in [2.45, 2.75) is 51.3 Å². The van der Waals surface area contributed by atoms with Crippen molar-refractivity contribution in [2.24, 2.45) is 0 Å². The van der Waals surface area contributed by atoms with Crippen molar-refractivity contribution in [3.63, 3.8) is 0 Å². The van der Waals surface area contributed by atoms with E-state index in [1.165, 1.54) is 11.3 Å². The maximum atomic E-state index is 13.2. The molecule has 8 heteroatoms. The summed E-state index contributed by atoms with van der Waals surface area (Å²) in [4.78, 5) is 17.3. The minimum absolute atomic E-state index is 0.227. The van der Waals surface area contributed by atoms with Crippen LogP contribution in [0.15, 0.2) is 47.4 Å². The van der Waals surface area contributed by atoms with Gasteiger partial charge in [-0.05, 0) is 49.6 Å². The van der Waals surface area contributed by atoms with Gasteiger partial charge in [0, 0.05) is 18.7 Å². The molecule has 0 spiro atoms. The van der Waals surface area contributed by atoms with Crippen LogP contribution in [0.1, 0.15) is 55.5 Å². The van der Waals surface area contributed by atoms with Crippen LogP contribution in [0, 0.1) is 6.92 Å². The number of anilines is 1. The number of nitrogens with one attached hydrogen (secondary N) is 1. The Morgan fingerprint density at radius 3 is 2.39 bits per heavy atom. The number of sulfonamides is 1. The van der Waals surface area contributed by atoms with Gasteiger partial charge in [-0.3, -0.25) is 10.1 Å². The highest BCUT2D eigenvalue weighted by atomic mass is 32.2. The maximum absolute atomic E-state index is 13.2. The largest absolute Gasteiger partial charge is 0.298 e. The third-order valence-electron chi connectivity index (χ3n) is 5.13. The SMILES string of the molecule is CCCCN(CCCC)S(=O)(=O)c1ccc2nc(NC(=O)c3ccccc3C)sc2c1. The lowest BCUT2D eigenvalue weighted by Crippen LogP contribution is -2.33. The average molecular weight is 460 g/mol. The summed E-state index contributed by atoms with van der Waals surface area (Å²) in [5.41, 5.74) is 2.14. The Morgan fingerprint density at radius 2 is 1.74 bits per heavy atom. The lowest BCUT2D eigenvalue weighted by atomic mass is 10.1. The van der Waals surface area contributed by atoms with Gasteiger partial charge in [0.05, 0.1) is 15.1 Å². The van der Waals surface area contributed by atoms with Crippen molar-refractivity contribution in [1.82, 2.24) is 9.29 Å². The molecule has 0 atom stereocenters. The first-order chi connectivity index (χ1) is 14.9.